The lowest BCUT2D eigenvalue weighted by Crippen LogP contribution is -2.36. The lowest BCUT2D eigenvalue weighted by molar-refractivity contribution is -0.0497. The minimum Gasteiger partial charge on any atom is -0.433 e. The maximum Gasteiger partial charge on any atom is 0.387 e. The first kappa shape index (κ1) is 15.8. The van der Waals surface area contributed by atoms with Crippen LogP contribution in [0.4, 0.5) is 19.3 Å². The summed E-state index contributed by atoms with van der Waals surface area (Å²) >= 11 is 5.70. The number of hydrogen-bond donors (Lipinski definition) is 3. The summed E-state index contributed by atoms with van der Waals surface area (Å²) in [6, 6.07) is 3.46. The fourth-order valence-electron chi connectivity index (χ4n) is 1.79. The summed E-state index contributed by atoms with van der Waals surface area (Å²) in [5.41, 5.74) is 0.258. The summed E-state index contributed by atoms with van der Waals surface area (Å²) in [6.45, 7) is -2.86. The molecule has 0 radical (unpaired) electrons. The average Bonchev–Trinajstić information content (AvgIpc) is 3.24. The first-order valence-electron chi connectivity index (χ1n) is 6.43. The molecule has 116 valence electrons. The number of halogens is 3. The molecule has 0 spiro atoms. The molecule has 1 unspecified atom stereocenters. The Morgan fingerprint density at radius 3 is 2.81 bits per heavy atom. The fraction of sp³-hybridized carbons (Fsp3) is 0.462. The van der Waals surface area contributed by atoms with Gasteiger partial charge in [-0.2, -0.15) is 8.78 Å². The highest BCUT2D eigenvalue weighted by atomic mass is 35.5. The van der Waals surface area contributed by atoms with E-state index >= 15 is 0 Å². The first-order valence-corrected chi connectivity index (χ1v) is 6.81. The second kappa shape index (κ2) is 6.91. The molecule has 1 aliphatic rings. The van der Waals surface area contributed by atoms with Crippen molar-refractivity contribution in [2.75, 3.05) is 11.9 Å². The maximum atomic E-state index is 12.2. The molecule has 1 atom stereocenters. The summed E-state index contributed by atoms with van der Waals surface area (Å²) in [7, 11) is 0. The van der Waals surface area contributed by atoms with E-state index in [1.54, 1.807) is 0 Å². The van der Waals surface area contributed by atoms with Crippen molar-refractivity contribution in [2.45, 2.75) is 25.6 Å². The molecule has 0 saturated heterocycles. The highest BCUT2D eigenvalue weighted by molar-refractivity contribution is 6.32. The Bertz CT molecular complexity index is 512. The van der Waals surface area contributed by atoms with Crippen LogP contribution in [0.3, 0.4) is 0 Å². The van der Waals surface area contributed by atoms with Gasteiger partial charge in [-0.25, -0.2) is 4.79 Å². The van der Waals surface area contributed by atoms with Crippen LogP contribution in [0, 0.1) is 5.92 Å². The lowest BCUT2D eigenvalue weighted by Gasteiger charge is -2.13. The normalized spacial score (nSPS) is 15.7. The Hall–Kier alpha value is -1.60. The van der Waals surface area contributed by atoms with E-state index in [2.05, 4.69) is 15.4 Å². The van der Waals surface area contributed by atoms with Gasteiger partial charge in [0.25, 0.3) is 0 Å². The Morgan fingerprint density at radius 2 is 2.19 bits per heavy atom. The van der Waals surface area contributed by atoms with Crippen molar-refractivity contribution >= 4 is 23.3 Å². The van der Waals surface area contributed by atoms with Gasteiger partial charge in [0.1, 0.15) is 5.75 Å². The Balaban J connectivity index is 1.87. The van der Waals surface area contributed by atoms with Gasteiger partial charge in [0, 0.05) is 18.3 Å². The molecular formula is C13H15ClF2N2O3. The zero-order valence-corrected chi connectivity index (χ0v) is 11.7. The molecule has 0 bridgehead atoms. The zero-order chi connectivity index (χ0) is 15.4. The van der Waals surface area contributed by atoms with Crippen molar-refractivity contribution in [3.8, 4) is 5.75 Å². The van der Waals surface area contributed by atoms with Gasteiger partial charge >= 0.3 is 12.6 Å². The standard InChI is InChI=1S/C13H15ClF2N2O3/c14-9-4-3-8(5-11(9)21-12(15)16)18-13(20)17-6-10(19)7-1-2-7/h3-5,7,10,12,19H,1-2,6H2,(H2,17,18,20). The molecule has 1 aliphatic carbocycles. The van der Waals surface area contributed by atoms with Crippen LogP contribution in [0.1, 0.15) is 12.8 Å². The van der Waals surface area contributed by atoms with Crippen LogP contribution < -0.4 is 15.4 Å². The molecule has 5 nitrogen and oxygen atoms in total. The number of nitrogens with one attached hydrogen (secondary N) is 2. The number of carbonyl (C=O) groups excluding carboxylic acids is 1. The Labute approximate surface area is 125 Å². The molecular weight excluding hydrogens is 306 g/mol. The van der Waals surface area contributed by atoms with Crippen LogP contribution in [0.5, 0.6) is 5.75 Å². The number of rotatable bonds is 6. The molecule has 2 amide bonds. The number of benzene rings is 1. The summed E-state index contributed by atoms with van der Waals surface area (Å²) in [5.74, 6) is 0.0364. The van der Waals surface area contributed by atoms with Crippen molar-refractivity contribution in [3.05, 3.63) is 23.2 Å². The van der Waals surface area contributed by atoms with Crippen LogP contribution in [-0.2, 0) is 0 Å². The fourth-order valence-corrected chi connectivity index (χ4v) is 1.95. The second-order valence-corrected chi connectivity index (χ2v) is 5.17. The molecule has 0 aliphatic heterocycles. The van der Waals surface area contributed by atoms with E-state index in [0.29, 0.717) is 0 Å². The predicted molar refractivity (Wildman–Crippen MR) is 73.8 cm³/mol. The number of carbonyl (C=O) groups is 1. The molecule has 1 aromatic rings. The SMILES string of the molecule is O=C(NCC(O)C1CC1)Nc1ccc(Cl)c(OC(F)F)c1. The average molecular weight is 321 g/mol. The molecule has 0 aromatic heterocycles. The first-order chi connectivity index (χ1) is 9.95. The van der Waals surface area contributed by atoms with E-state index in [-0.39, 0.29) is 28.9 Å². The van der Waals surface area contributed by atoms with Gasteiger partial charge in [-0.05, 0) is 30.9 Å². The number of alkyl halides is 2. The summed E-state index contributed by atoms with van der Waals surface area (Å²) in [5, 5.41) is 14.6. The number of aliphatic hydroxyl groups is 1. The number of hydrogen-bond acceptors (Lipinski definition) is 3. The molecule has 1 fully saturated rings. The Kier molecular flexibility index (Phi) is 5.19. The molecule has 3 N–H and O–H groups in total. The second-order valence-electron chi connectivity index (χ2n) is 4.76. The van der Waals surface area contributed by atoms with Gasteiger partial charge in [0.2, 0.25) is 0 Å². The lowest BCUT2D eigenvalue weighted by atomic mass is 10.2. The van der Waals surface area contributed by atoms with Gasteiger partial charge in [0.05, 0.1) is 11.1 Å². The molecule has 2 rings (SSSR count). The van der Waals surface area contributed by atoms with Gasteiger partial charge < -0.3 is 20.5 Å². The predicted octanol–water partition coefficient (Wildman–Crippen LogP) is 2.83. The third-order valence-corrected chi connectivity index (χ3v) is 3.36. The summed E-state index contributed by atoms with van der Waals surface area (Å²) < 4.78 is 28.6. The zero-order valence-electron chi connectivity index (χ0n) is 11.0. The molecule has 0 heterocycles. The van der Waals surface area contributed by atoms with E-state index in [4.69, 9.17) is 11.6 Å². The highest BCUT2D eigenvalue weighted by Crippen LogP contribution is 2.32. The highest BCUT2D eigenvalue weighted by Gasteiger charge is 2.29. The van der Waals surface area contributed by atoms with Crippen molar-refractivity contribution in [1.82, 2.24) is 5.32 Å². The van der Waals surface area contributed by atoms with Crippen LogP contribution in [0.25, 0.3) is 0 Å². The van der Waals surface area contributed by atoms with E-state index in [1.165, 1.54) is 18.2 Å². The summed E-state index contributed by atoms with van der Waals surface area (Å²) in [6.07, 6.45) is 1.38. The molecule has 1 aromatic carbocycles. The number of urea groups is 1. The minimum atomic E-state index is -3.00. The maximum absolute atomic E-state index is 12.2. The van der Waals surface area contributed by atoms with Gasteiger partial charge in [-0.3, -0.25) is 0 Å². The number of ether oxygens (including phenoxy) is 1. The van der Waals surface area contributed by atoms with Gasteiger partial charge in [-0.1, -0.05) is 11.6 Å². The van der Waals surface area contributed by atoms with Gasteiger partial charge in [-0.15, -0.1) is 0 Å². The van der Waals surface area contributed by atoms with E-state index < -0.39 is 18.7 Å². The van der Waals surface area contributed by atoms with E-state index in [1.807, 2.05) is 0 Å². The molecule has 8 heteroatoms. The smallest absolute Gasteiger partial charge is 0.387 e. The van der Waals surface area contributed by atoms with Crippen molar-refractivity contribution in [2.24, 2.45) is 5.92 Å². The van der Waals surface area contributed by atoms with Crippen LogP contribution in [-0.4, -0.2) is 30.4 Å². The van der Waals surface area contributed by atoms with Crippen LogP contribution in [0.15, 0.2) is 18.2 Å². The summed E-state index contributed by atoms with van der Waals surface area (Å²) in [4.78, 5) is 11.6. The number of amides is 2. The minimum absolute atomic E-state index is 0.0189. The van der Waals surface area contributed by atoms with E-state index in [9.17, 15) is 18.7 Å². The largest absolute Gasteiger partial charge is 0.433 e. The topological polar surface area (TPSA) is 70.6 Å². The van der Waals surface area contributed by atoms with E-state index in [0.717, 1.165) is 12.8 Å². The number of anilines is 1. The Morgan fingerprint density at radius 1 is 1.48 bits per heavy atom. The third-order valence-electron chi connectivity index (χ3n) is 3.04. The van der Waals surface area contributed by atoms with Crippen molar-refractivity contribution in [3.63, 3.8) is 0 Å². The third kappa shape index (κ3) is 5.02. The molecule has 1 saturated carbocycles. The van der Waals surface area contributed by atoms with Crippen LogP contribution >= 0.6 is 11.6 Å². The van der Waals surface area contributed by atoms with Crippen LogP contribution in [0.2, 0.25) is 5.02 Å². The van der Waals surface area contributed by atoms with Gasteiger partial charge in [0.15, 0.2) is 0 Å². The molecule has 21 heavy (non-hydrogen) atoms. The monoisotopic (exact) mass is 320 g/mol. The van der Waals surface area contributed by atoms with Crippen molar-refractivity contribution in [1.29, 1.82) is 0 Å². The van der Waals surface area contributed by atoms with Crippen molar-refractivity contribution < 1.29 is 23.4 Å². The number of aliphatic hydroxyl groups excluding tert-OH is 1. The quantitative estimate of drug-likeness (QED) is 0.755.